The predicted molar refractivity (Wildman–Crippen MR) is 131 cm³/mol. The third kappa shape index (κ3) is 4.05. The molecule has 0 atom stereocenters. The molecule has 34 heavy (non-hydrogen) atoms. The number of benzene rings is 2. The summed E-state index contributed by atoms with van der Waals surface area (Å²) in [4.78, 5) is 27.1. The molecular formula is C27H32BNO5. The van der Waals surface area contributed by atoms with Crippen LogP contribution < -0.4 is 10.4 Å². The van der Waals surface area contributed by atoms with Crippen LogP contribution in [0.4, 0.5) is 5.69 Å². The van der Waals surface area contributed by atoms with E-state index in [4.69, 9.17) is 14.0 Å². The van der Waals surface area contributed by atoms with Gasteiger partial charge in [-0.25, -0.2) is 0 Å². The van der Waals surface area contributed by atoms with Crippen LogP contribution in [0.15, 0.2) is 36.4 Å². The lowest BCUT2D eigenvalue weighted by Gasteiger charge is -2.32. The first kappa shape index (κ1) is 23.1. The summed E-state index contributed by atoms with van der Waals surface area (Å²) in [5.41, 5.74) is 4.44. The summed E-state index contributed by atoms with van der Waals surface area (Å²) in [7, 11) is -0.621. The van der Waals surface area contributed by atoms with E-state index in [2.05, 4.69) is 12.1 Å². The Hall–Kier alpha value is -2.64. The molecular weight excluding hydrogens is 429 g/mol. The molecule has 3 aliphatic rings. The smallest absolute Gasteiger partial charge is 0.461 e. The maximum absolute atomic E-state index is 13.6. The minimum Gasteiger partial charge on any atom is -0.461 e. The van der Waals surface area contributed by atoms with Crippen LogP contribution in [0.25, 0.3) is 0 Å². The molecule has 2 aromatic carbocycles. The molecule has 7 heteroatoms. The average Bonchev–Trinajstić information content (AvgIpc) is 3.59. The summed E-state index contributed by atoms with van der Waals surface area (Å²) in [5.74, 6) is 0.252. The quantitative estimate of drug-likeness (QED) is 0.495. The Morgan fingerprint density at radius 2 is 1.82 bits per heavy atom. The van der Waals surface area contributed by atoms with Crippen molar-refractivity contribution in [2.24, 2.45) is 0 Å². The van der Waals surface area contributed by atoms with Crippen molar-refractivity contribution in [2.75, 3.05) is 11.4 Å². The molecule has 1 saturated heterocycles. The van der Waals surface area contributed by atoms with E-state index in [-0.39, 0.29) is 18.5 Å². The first-order valence-corrected chi connectivity index (χ1v) is 12.1. The van der Waals surface area contributed by atoms with E-state index >= 15 is 0 Å². The zero-order valence-electron chi connectivity index (χ0n) is 20.6. The Kier molecular flexibility index (Phi) is 5.61. The Labute approximate surface area is 201 Å². The topological polar surface area (TPSA) is 65.1 Å². The number of hydrogen-bond acceptors (Lipinski definition) is 5. The third-order valence-electron chi connectivity index (χ3n) is 7.66. The number of carbonyl (C=O) groups is 2. The molecule has 178 valence electrons. The molecule has 0 unspecified atom stereocenters. The van der Waals surface area contributed by atoms with Crippen molar-refractivity contribution >= 4 is 30.1 Å². The molecule has 1 amide bonds. The maximum atomic E-state index is 13.6. The van der Waals surface area contributed by atoms with Crippen LogP contribution in [0.5, 0.6) is 0 Å². The lowest BCUT2D eigenvalue weighted by atomic mass is 9.75. The fourth-order valence-electron chi connectivity index (χ4n) is 4.78. The van der Waals surface area contributed by atoms with E-state index in [0.29, 0.717) is 12.5 Å². The highest BCUT2D eigenvalue weighted by Crippen LogP contribution is 2.41. The van der Waals surface area contributed by atoms with E-state index in [9.17, 15) is 9.59 Å². The molecule has 0 aromatic heterocycles. The molecule has 0 radical (unpaired) electrons. The maximum Gasteiger partial charge on any atom is 0.495 e. The van der Waals surface area contributed by atoms with E-state index in [1.807, 2.05) is 52.0 Å². The van der Waals surface area contributed by atoms with E-state index < -0.39 is 18.3 Å². The minimum atomic E-state index is -0.621. The molecule has 0 bridgehead atoms. The SMILES string of the molecule is CC(=O)OCc1c(B2OC(C)(C)C(C)(C)O2)cccc1N1CCc2cc(C3CC3)ccc2C1=O. The summed E-state index contributed by atoms with van der Waals surface area (Å²) < 4.78 is 18.0. The van der Waals surface area contributed by atoms with Gasteiger partial charge in [-0.3, -0.25) is 9.59 Å². The summed E-state index contributed by atoms with van der Waals surface area (Å²) in [5, 5.41) is 0. The number of rotatable bonds is 5. The highest BCUT2D eigenvalue weighted by Gasteiger charge is 2.52. The number of anilines is 1. The fourth-order valence-corrected chi connectivity index (χ4v) is 4.78. The minimum absolute atomic E-state index is 0.0289. The molecule has 2 aromatic rings. The van der Waals surface area contributed by atoms with Gasteiger partial charge in [0.25, 0.3) is 5.91 Å². The van der Waals surface area contributed by atoms with E-state index in [1.54, 1.807) is 4.90 Å². The first-order chi connectivity index (χ1) is 16.1. The van der Waals surface area contributed by atoms with Gasteiger partial charge < -0.3 is 18.9 Å². The van der Waals surface area contributed by atoms with Crippen molar-refractivity contribution in [1.82, 2.24) is 0 Å². The summed E-state index contributed by atoms with van der Waals surface area (Å²) in [6.07, 6.45) is 3.27. The van der Waals surface area contributed by atoms with Gasteiger partial charge in [0.15, 0.2) is 0 Å². The lowest BCUT2D eigenvalue weighted by Crippen LogP contribution is -2.42. The van der Waals surface area contributed by atoms with Crippen LogP contribution in [0.3, 0.4) is 0 Å². The Balaban J connectivity index is 1.51. The number of amides is 1. The van der Waals surface area contributed by atoms with Crippen molar-refractivity contribution < 1.29 is 23.6 Å². The molecule has 1 saturated carbocycles. The third-order valence-corrected chi connectivity index (χ3v) is 7.66. The summed E-state index contributed by atoms with van der Waals surface area (Å²) >= 11 is 0. The average molecular weight is 461 g/mol. The van der Waals surface area contributed by atoms with Crippen molar-refractivity contribution in [1.29, 1.82) is 0 Å². The number of nitrogens with zero attached hydrogens (tertiary/aromatic N) is 1. The zero-order valence-corrected chi connectivity index (χ0v) is 20.6. The second kappa shape index (κ2) is 8.24. The van der Waals surface area contributed by atoms with Crippen LogP contribution in [-0.4, -0.2) is 36.7 Å². The van der Waals surface area contributed by atoms with Gasteiger partial charge in [-0.15, -0.1) is 0 Å². The molecule has 2 aliphatic heterocycles. The van der Waals surface area contributed by atoms with Crippen molar-refractivity contribution in [3.63, 3.8) is 0 Å². The van der Waals surface area contributed by atoms with E-state index in [0.717, 1.165) is 34.3 Å². The van der Waals surface area contributed by atoms with Gasteiger partial charge in [-0.1, -0.05) is 24.3 Å². The van der Waals surface area contributed by atoms with Gasteiger partial charge in [0.2, 0.25) is 0 Å². The van der Waals surface area contributed by atoms with Crippen LogP contribution in [0, 0.1) is 0 Å². The monoisotopic (exact) mass is 461 g/mol. The molecule has 5 rings (SSSR count). The lowest BCUT2D eigenvalue weighted by molar-refractivity contribution is -0.142. The molecule has 2 heterocycles. The van der Waals surface area contributed by atoms with Gasteiger partial charge in [-0.05, 0) is 81.6 Å². The molecule has 2 fully saturated rings. The molecule has 0 spiro atoms. The number of carbonyl (C=O) groups excluding carboxylic acids is 2. The number of hydrogen-bond donors (Lipinski definition) is 0. The highest BCUT2D eigenvalue weighted by atomic mass is 16.7. The number of ether oxygens (including phenoxy) is 1. The molecule has 0 N–H and O–H groups in total. The van der Waals surface area contributed by atoms with Crippen LogP contribution in [0.2, 0.25) is 0 Å². The number of esters is 1. The normalized spacial score (nSPS) is 20.9. The van der Waals surface area contributed by atoms with Gasteiger partial charge in [0, 0.05) is 24.6 Å². The molecule has 1 aliphatic carbocycles. The fraction of sp³-hybridized carbons (Fsp3) is 0.481. The van der Waals surface area contributed by atoms with Crippen LogP contribution >= 0.6 is 0 Å². The van der Waals surface area contributed by atoms with Crippen molar-refractivity contribution in [3.05, 3.63) is 58.7 Å². The Morgan fingerprint density at radius 3 is 2.47 bits per heavy atom. The molecule has 6 nitrogen and oxygen atoms in total. The second-order valence-corrected chi connectivity index (χ2v) is 10.6. The summed E-state index contributed by atoms with van der Waals surface area (Å²) in [6, 6.07) is 12.0. The highest BCUT2D eigenvalue weighted by molar-refractivity contribution is 6.62. The van der Waals surface area contributed by atoms with Gasteiger partial charge >= 0.3 is 13.1 Å². The first-order valence-electron chi connectivity index (χ1n) is 12.1. The number of fused-ring (bicyclic) bond motifs is 1. The Bertz CT molecular complexity index is 1140. The Morgan fingerprint density at radius 1 is 1.12 bits per heavy atom. The summed E-state index contributed by atoms with van der Waals surface area (Å²) in [6.45, 7) is 10.0. The predicted octanol–water partition coefficient (Wildman–Crippen LogP) is 4.13. The zero-order chi connectivity index (χ0) is 24.3. The second-order valence-electron chi connectivity index (χ2n) is 10.6. The van der Waals surface area contributed by atoms with Gasteiger partial charge in [-0.2, -0.15) is 0 Å². The van der Waals surface area contributed by atoms with Gasteiger partial charge in [0.05, 0.1) is 16.9 Å². The van der Waals surface area contributed by atoms with Crippen LogP contribution in [-0.2, 0) is 31.9 Å². The standard InChI is InChI=1S/C27H32BNO5/c1-17(30)32-16-22-23(28-33-26(2,3)27(4,5)34-28)7-6-8-24(22)29-14-13-20-15-19(18-9-10-18)11-12-21(20)25(29)31/h6-8,11-12,15,18H,9-10,13-14,16H2,1-5H3. The van der Waals surface area contributed by atoms with E-state index in [1.165, 1.54) is 25.3 Å². The van der Waals surface area contributed by atoms with Crippen molar-refractivity contribution in [2.45, 2.75) is 77.6 Å². The van der Waals surface area contributed by atoms with Gasteiger partial charge in [0.1, 0.15) is 6.61 Å². The van der Waals surface area contributed by atoms with Crippen LogP contribution in [0.1, 0.15) is 80.4 Å². The van der Waals surface area contributed by atoms with Crippen molar-refractivity contribution in [3.8, 4) is 0 Å². The largest absolute Gasteiger partial charge is 0.495 e.